The number of aromatic nitrogens is 2. The van der Waals surface area contributed by atoms with Gasteiger partial charge in [-0.3, -0.25) is 4.90 Å². The number of hydrogen-bond acceptors (Lipinski definition) is 7. The van der Waals surface area contributed by atoms with Crippen LogP contribution in [0.5, 0.6) is 0 Å². The van der Waals surface area contributed by atoms with Gasteiger partial charge in [0.2, 0.25) is 0 Å². The molecule has 9 heteroatoms. The molecule has 3 heterocycles. The highest BCUT2D eigenvalue weighted by Crippen LogP contribution is 2.21. The van der Waals surface area contributed by atoms with Gasteiger partial charge in [0.1, 0.15) is 6.67 Å². The van der Waals surface area contributed by atoms with Crippen molar-refractivity contribution in [2.24, 2.45) is 0 Å². The van der Waals surface area contributed by atoms with Crippen LogP contribution in [0.25, 0.3) is 10.8 Å². The Bertz CT molecular complexity index is 776. The Balaban J connectivity index is 1.75. The van der Waals surface area contributed by atoms with Crippen LogP contribution in [0.4, 0.5) is 0 Å². The van der Waals surface area contributed by atoms with Crippen LogP contribution in [0.15, 0.2) is 26.7 Å². The van der Waals surface area contributed by atoms with Crippen LogP contribution in [-0.2, 0) is 16.5 Å². The van der Waals surface area contributed by atoms with E-state index >= 15 is 0 Å². The zero-order chi connectivity index (χ0) is 15.0. The number of nitrogens with zero attached hydrogens (tertiary/aromatic N) is 3. The summed E-state index contributed by atoms with van der Waals surface area (Å²) in [5.41, 5.74) is 0. The Morgan fingerprint density at radius 1 is 1.57 bits per heavy atom. The van der Waals surface area contributed by atoms with Gasteiger partial charge in [0.05, 0.1) is 16.4 Å². The summed E-state index contributed by atoms with van der Waals surface area (Å²) in [7, 11) is -1.16. The molecule has 7 nitrogen and oxygen atoms in total. The molecule has 0 saturated carbocycles. The molecule has 0 amide bonds. The topological polar surface area (TPSA) is 85.4 Å². The molecule has 21 heavy (non-hydrogen) atoms. The van der Waals surface area contributed by atoms with E-state index in [4.69, 9.17) is 4.42 Å². The number of rotatable bonds is 4. The average molecular weight is 329 g/mol. The predicted octanol–water partition coefficient (Wildman–Crippen LogP) is 0.641. The minimum absolute atomic E-state index is 0.0798. The van der Waals surface area contributed by atoms with E-state index in [1.807, 2.05) is 22.4 Å². The standard InChI is InChI=1S/C12H15N3O4S2/c1-14(9-4-6-21(17,18)7-9)8-15-12(16)19-11(13-15)10-3-2-5-20-10/h2-3,5,9H,4,6-8H2,1H3/t9-/m0/s1. The minimum atomic E-state index is -2.94. The average Bonchev–Trinajstić information content (AvgIpc) is 3.10. The summed E-state index contributed by atoms with van der Waals surface area (Å²) in [5.74, 6) is 0.0953. The second-order valence-electron chi connectivity index (χ2n) is 5.11. The van der Waals surface area contributed by atoms with E-state index in [0.717, 1.165) is 4.88 Å². The van der Waals surface area contributed by atoms with Crippen LogP contribution in [0.2, 0.25) is 0 Å². The summed E-state index contributed by atoms with van der Waals surface area (Å²) >= 11 is 1.44. The third-order valence-electron chi connectivity index (χ3n) is 3.53. The van der Waals surface area contributed by atoms with Crippen molar-refractivity contribution in [1.29, 1.82) is 0 Å². The van der Waals surface area contributed by atoms with E-state index in [1.165, 1.54) is 16.0 Å². The molecular weight excluding hydrogens is 314 g/mol. The van der Waals surface area contributed by atoms with E-state index in [0.29, 0.717) is 12.3 Å². The summed E-state index contributed by atoms with van der Waals surface area (Å²) in [4.78, 5) is 14.4. The highest BCUT2D eigenvalue weighted by atomic mass is 32.2. The molecular formula is C12H15N3O4S2. The molecule has 1 fully saturated rings. The van der Waals surface area contributed by atoms with Crippen LogP contribution < -0.4 is 5.76 Å². The first kappa shape index (κ1) is 14.5. The zero-order valence-corrected chi connectivity index (χ0v) is 13.1. The molecule has 0 aliphatic carbocycles. The van der Waals surface area contributed by atoms with Crippen molar-refractivity contribution in [2.45, 2.75) is 19.1 Å². The summed E-state index contributed by atoms with van der Waals surface area (Å²) in [6.07, 6.45) is 0.587. The molecule has 2 aromatic rings. The number of thiophene rings is 1. The Hall–Kier alpha value is -1.45. The van der Waals surface area contributed by atoms with E-state index in [-0.39, 0.29) is 24.2 Å². The summed E-state index contributed by atoms with van der Waals surface area (Å²) in [6, 6.07) is 3.60. The third kappa shape index (κ3) is 3.09. The fourth-order valence-electron chi connectivity index (χ4n) is 2.35. The van der Waals surface area contributed by atoms with Crippen molar-refractivity contribution in [3.63, 3.8) is 0 Å². The second kappa shape index (κ2) is 5.39. The molecule has 0 bridgehead atoms. The van der Waals surface area contributed by atoms with Crippen molar-refractivity contribution in [3.05, 3.63) is 28.1 Å². The molecule has 2 aromatic heterocycles. The molecule has 0 unspecified atom stereocenters. The fraction of sp³-hybridized carbons (Fsp3) is 0.500. The monoisotopic (exact) mass is 329 g/mol. The van der Waals surface area contributed by atoms with Gasteiger partial charge in [0.25, 0.3) is 5.89 Å². The van der Waals surface area contributed by atoms with Gasteiger partial charge < -0.3 is 4.42 Å². The zero-order valence-electron chi connectivity index (χ0n) is 11.4. The Kier molecular flexibility index (Phi) is 3.72. The molecule has 0 radical (unpaired) electrons. The van der Waals surface area contributed by atoms with Crippen LogP contribution in [0, 0.1) is 0 Å². The normalized spacial score (nSPS) is 21.1. The first-order valence-electron chi connectivity index (χ1n) is 6.47. The van der Waals surface area contributed by atoms with Gasteiger partial charge in [0.15, 0.2) is 9.84 Å². The smallest absolute Gasteiger partial charge is 0.387 e. The second-order valence-corrected chi connectivity index (χ2v) is 8.28. The van der Waals surface area contributed by atoms with Gasteiger partial charge >= 0.3 is 5.76 Å². The summed E-state index contributed by atoms with van der Waals surface area (Å²) in [5, 5.41) is 6.04. The minimum Gasteiger partial charge on any atom is -0.387 e. The Morgan fingerprint density at radius 2 is 2.38 bits per heavy atom. The lowest BCUT2D eigenvalue weighted by Crippen LogP contribution is -2.37. The maximum atomic E-state index is 11.8. The van der Waals surface area contributed by atoms with Gasteiger partial charge in [-0.2, -0.15) is 4.68 Å². The van der Waals surface area contributed by atoms with Crippen molar-refractivity contribution >= 4 is 21.2 Å². The summed E-state index contributed by atoms with van der Waals surface area (Å²) < 4.78 is 29.3. The van der Waals surface area contributed by atoms with Crippen LogP contribution in [-0.4, -0.2) is 47.7 Å². The quantitative estimate of drug-likeness (QED) is 0.818. The van der Waals surface area contributed by atoms with Crippen LogP contribution in [0.1, 0.15) is 6.42 Å². The molecule has 0 N–H and O–H groups in total. The van der Waals surface area contributed by atoms with Gasteiger partial charge in [-0.05, 0) is 24.9 Å². The van der Waals surface area contributed by atoms with E-state index in [2.05, 4.69) is 5.10 Å². The predicted molar refractivity (Wildman–Crippen MR) is 78.9 cm³/mol. The van der Waals surface area contributed by atoms with Gasteiger partial charge in [-0.25, -0.2) is 13.2 Å². The maximum Gasteiger partial charge on any atom is 0.438 e. The highest BCUT2D eigenvalue weighted by molar-refractivity contribution is 7.91. The van der Waals surface area contributed by atoms with Crippen LogP contribution >= 0.6 is 11.3 Å². The lowest BCUT2D eigenvalue weighted by molar-refractivity contribution is 0.191. The molecule has 0 aromatic carbocycles. The Labute approximate surface area is 125 Å². The van der Waals surface area contributed by atoms with Gasteiger partial charge in [-0.15, -0.1) is 16.4 Å². The third-order valence-corrected chi connectivity index (χ3v) is 6.14. The SMILES string of the molecule is CN(Cn1nc(-c2cccs2)oc1=O)[C@H]1CCS(=O)(=O)C1. The maximum absolute atomic E-state index is 11.8. The van der Waals surface area contributed by atoms with E-state index < -0.39 is 15.6 Å². The molecule has 1 aliphatic rings. The fourth-order valence-corrected chi connectivity index (χ4v) is 4.79. The molecule has 1 atom stereocenters. The first-order valence-corrected chi connectivity index (χ1v) is 9.17. The Morgan fingerprint density at radius 3 is 3.00 bits per heavy atom. The van der Waals surface area contributed by atoms with E-state index in [9.17, 15) is 13.2 Å². The van der Waals surface area contributed by atoms with Crippen molar-refractivity contribution in [1.82, 2.24) is 14.7 Å². The van der Waals surface area contributed by atoms with Crippen molar-refractivity contribution < 1.29 is 12.8 Å². The van der Waals surface area contributed by atoms with Gasteiger partial charge in [-0.1, -0.05) is 6.07 Å². The van der Waals surface area contributed by atoms with Crippen molar-refractivity contribution in [3.8, 4) is 10.8 Å². The highest BCUT2D eigenvalue weighted by Gasteiger charge is 2.31. The van der Waals surface area contributed by atoms with Crippen molar-refractivity contribution in [2.75, 3.05) is 18.6 Å². The lowest BCUT2D eigenvalue weighted by atomic mass is 10.2. The molecule has 114 valence electrons. The molecule has 3 rings (SSSR count). The van der Waals surface area contributed by atoms with Gasteiger partial charge in [0, 0.05) is 6.04 Å². The number of sulfone groups is 1. The first-order chi connectivity index (χ1) is 9.94. The molecule has 1 saturated heterocycles. The molecule has 0 spiro atoms. The number of hydrogen-bond donors (Lipinski definition) is 0. The van der Waals surface area contributed by atoms with E-state index in [1.54, 1.807) is 7.05 Å². The lowest BCUT2D eigenvalue weighted by Gasteiger charge is -2.21. The molecule has 1 aliphatic heterocycles. The largest absolute Gasteiger partial charge is 0.438 e. The van der Waals surface area contributed by atoms with Crippen LogP contribution in [0.3, 0.4) is 0 Å². The summed E-state index contributed by atoms with van der Waals surface area (Å²) in [6.45, 7) is 0.216.